The zero-order valence-electron chi connectivity index (χ0n) is 19.3. The molecule has 15 heteroatoms. The van der Waals surface area contributed by atoms with Gasteiger partial charge in [0.25, 0.3) is 15.6 Å². The third kappa shape index (κ3) is 4.71. The molecule has 0 unspecified atom stereocenters. The van der Waals surface area contributed by atoms with E-state index in [0.29, 0.717) is 12.1 Å². The van der Waals surface area contributed by atoms with Crippen LogP contribution in [0.2, 0.25) is 0 Å². The zero-order chi connectivity index (χ0) is 28.3. The number of amides is 1. The fourth-order valence-electron chi connectivity index (χ4n) is 4.57. The van der Waals surface area contributed by atoms with E-state index in [1.807, 2.05) is 0 Å². The molecule has 2 heterocycles. The molecule has 2 aromatic rings. The minimum atomic E-state index is -6.13. The molecule has 4 rings (SSSR count). The fourth-order valence-corrected chi connectivity index (χ4v) is 6.29. The number of β-amino-alcohol motifs (C(OH)–C–C–N with tert-alkyl or cyclic N) is 1. The van der Waals surface area contributed by atoms with E-state index in [4.69, 9.17) is 0 Å². The van der Waals surface area contributed by atoms with Gasteiger partial charge in [0.05, 0.1) is 22.7 Å². The van der Waals surface area contributed by atoms with Crippen LogP contribution in [0.15, 0.2) is 47.4 Å². The van der Waals surface area contributed by atoms with Crippen LogP contribution in [0.1, 0.15) is 24.0 Å². The van der Waals surface area contributed by atoms with Gasteiger partial charge in [-0.1, -0.05) is 12.1 Å². The number of carbonyl (C=O) groups is 1. The Morgan fingerprint density at radius 2 is 1.55 bits per heavy atom. The maximum Gasteiger partial charge on any atom is 0.430 e. The van der Waals surface area contributed by atoms with Crippen molar-refractivity contribution in [2.45, 2.75) is 54.3 Å². The standard InChI is InChI=1S/C23H21F7N2O5S/c24-15-3-6-18(7-4-15)38(36,37)32-16(10-20(34)31-11-17(33)12-31)5-1-13-9-14(2-8-19(13)32)21(35,22(25,26)27)23(28,29)30/h2-4,6-9,16-17,33,35H,1,5,10-12H2/t16-/m0/s1. The highest BCUT2D eigenvalue weighted by molar-refractivity contribution is 7.92. The van der Waals surface area contributed by atoms with Gasteiger partial charge in [-0.3, -0.25) is 9.10 Å². The van der Waals surface area contributed by atoms with E-state index in [1.54, 1.807) is 0 Å². The van der Waals surface area contributed by atoms with Crippen LogP contribution in [-0.2, 0) is 26.8 Å². The molecule has 0 aromatic heterocycles. The predicted octanol–water partition coefficient (Wildman–Crippen LogP) is 3.24. The van der Waals surface area contributed by atoms with Gasteiger partial charge in [0.2, 0.25) is 5.91 Å². The second kappa shape index (κ2) is 9.38. The first-order valence-electron chi connectivity index (χ1n) is 11.2. The van der Waals surface area contributed by atoms with Gasteiger partial charge < -0.3 is 15.1 Å². The van der Waals surface area contributed by atoms with E-state index in [1.165, 1.54) is 4.90 Å². The molecule has 1 fully saturated rings. The van der Waals surface area contributed by atoms with Gasteiger partial charge >= 0.3 is 12.4 Å². The molecular weight excluding hydrogens is 549 g/mol. The second-order valence-corrected chi connectivity index (χ2v) is 11.0. The Morgan fingerprint density at radius 3 is 2.08 bits per heavy atom. The number of hydrogen-bond acceptors (Lipinski definition) is 5. The minimum absolute atomic E-state index is 0.0314. The SMILES string of the molecule is O=C(C[C@@H]1CCc2cc(C(O)(C(F)(F)F)C(F)(F)F)ccc2N1S(=O)(=O)c1ccc(F)cc1)N1CC(O)C1. The smallest absolute Gasteiger partial charge is 0.389 e. The Labute approximate surface area is 212 Å². The third-order valence-electron chi connectivity index (χ3n) is 6.63. The maximum absolute atomic E-state index is 13.6. The number of carbonyl (C=O) groups excluding carboxylic acids is 1. The second-order valence-electron chi connectivity index (χ2n) is 9.15. The summed E-state index contributed by atoms with van der Waals surface area (Å²) in [5.41, 5.74) is -7.26. The molecule has 0 spiro atoms. The average molecular weight is 570 g/mol. The number of alkyl halides is 6. The van der Waals surface area contributed by atoms with Gasteiger partial charge in [0.15, 0.2) is 0 Å². The van der Waals surface area contributed by atoms with Crippen LogP contribution in [0.25, 0.3) is 0 Å². The number of halogens is 7. The van der Waals surface area contributed by atoms with Crippen LogP contribution < -0.4 is 4.31 Å². The molecule has 0 bridgehead atoms. The monoisotopic (exact) mass is 570 g/mol. The number of hydrogen-bond donors (Lipinski definition) is 2. The summed E-state index contributed by atoms with van der Waals surface area (Å²) in [5.74, 6) is -1.27. The van der Waals surface area contributed by atoms with Crippen LogP contribution in [0, 0.1) is 5.82 Å². The summed E-state index contributed by atoms with van der Waals surface area (Å²) in [5, 5.41) is 19.2. The number of aliphatic hydroxyl groups is 2. The van der Waals surface area contributed by atoms with Crippen molar-refractivity contribution in [3.05, 3.63) is 59.4 Å². The number of aliphatic hydroxyl groups excluding tert-OH is 1. The van der Waals surface area contributed by atoms with Crippen LogP contribution >= 0.6 is 0 Å². The molecule has 2 N–H and O–H groups in total. The molecule has 1 atom stereocenters. The number of sulfonamides is 1. The number of benzene rings is 2. The molecule has 1 saturated heterocycles. The number of nitrogens with zero attached hydrogens (tertiary/aromatic N) is 2. The first-order valence-corrected chi connectivity index (χ1v) is 12.7. The van der Waals surface area contributed by atoms with Crippen molar-refractivity contribution in [1.29, 1.82) is 0 Å². The average Bonchev–Trinajstić information content (AvgIpc) is 2.79. The molecule has 38 heavy (non-hydrogen) atoms. The van der Waals surface area contributed by atoms with Gasteiger partial charge in [0, 0.05) is 25.1 Å². The number of fused-ring (bicyclic) bond motifs is 1. The lowest BCUT2D eigenvalue weighted by atomic mass is 9.87. The van der Waals surface area contributed by atoms with E-state index in [-0.39, 0.29) is 43.6 Å². The summed E-state index contributed by atoms with van der Waals surface area (Å²) in [6, 6.07) is 4.00. The highest BCUT2D eigenvalue weighted by Crippen LogP contribution is 2.51. The van der Waals surface area contributed by atoms with Crippen LogP contribution in [0.5, 0.6) is 0 Å². The lowest BCUT2D eigenvalue weighted by Gasteiger charge is -2.41. The molecule has 2 aliphatic rings. The minimum Gasteiger partial charge on any atom is -0.389 e. The zero-order valence-corrected chi connectivity index (χ0v) is 20.1. The Bertz CT molecular complexity index is 1310. The molecule has 2 aliphatic heterocycles. The van der Waals surface area contributed by atoms with E-state index in [0.717, 1.165) is 34.6 Å². The van der Waals surface area contributed by atoms with E-state index < -0.39 is 62.3 Å². The number of anilines is 1. The molecular formula is C23H21F7N2O5S. The summed E-state index contributed by atoms with van der Waals surface area (Å²) in [4.78, 5) is 13.5. The van der Waals surface area contributed by atoms with Crippen molar-refractivity contribution >= 4 is 21.6 Å². The van der Waals surface area contributed by atoms with Gasteiger partial charge in [-0.2, -0.15) is 26.3 Å². The molecule has 2 aromatic carbocycles. The molecule has 0 radical (unpaired) electrons. The van der Waals surface area contributed by atoms with Crippen LogP contribution in [-0.4, -0.2) is 67.0 Å². The van der Waals surface area contributed by atoms with Crippen molar-refractivity contribution in [2.24, 2.45) is 0 Å². The first kappa shape index (κ1) is 28.1. The summed E-state index contributed by atoms with van der Waals surface area (Å²) in [7, 11) is -4.58. The van der Waals surface area contributed by atoms with Crippen LogP contribution in [0.3, 0.4) is 0 Å². The molecule has 7 nitrogen and oxygen atoms in total. The molecule has 0 aliphatic carbocycles. The summed E-state index contributed by atoms with van der Waals surface area (Å²) < 4.78 is 122. The Kier molecular flexibility index (Phi) is 6.94. The van der Waals surface area contributed by atoms with Crippen molar-refractivity contribution in [1.82, 2.24) is 4.90 Å². The van der Waals surface area contributed by atoms with E-state index >= 15 is 0 Å². The highest BCUT2D eigenvalue weighted by Gasteiger charge is 2.71. The summed E-state index contributed by atoms with van der Waals surface area (Å²) in [6.45, 7) is 0.0629. The molecule has 0 saturated carbocycles. The quantitative estimate of drug-likeness (QED) is 0.539. The van der Waals surface area contributed by atoms with Gasteiger partial charge in [-0.15, -0.1) is 0 Å². The normalized spacial score (nSPS) is 19.2. The van der Waals surface area contributed by atoms with Crippen molar-refractivity contribution in [3.63, 3.8) is 0 Å². The molecule has 208 valence electrons. The lowest BCUT2D eigenvalue weighted by Crippen LogP contribution is -2.55. The lowest BCUT2D eigenvalue weighted by molar-refractivity contribution is -0.376. The van der Waals surface area contributed by atoms with Crippen molar-refractivity contribution < 1.29 is 54.2 Å². The largest absolute Gasteiger partial charge is 0.430 e. The Balaban J connectivity index is 1.80. The summed E-state index contributed by atoms with van der Waals surface area (Å²) >= 11 is 0. The number of likely N-dealkylation sites (tertiary alicyclic amines) is 1. The Morgan fingerprint density at radius 1 is 0.974 bits per heavy atom. The van der Waals surface area contributed by atoms with Gasteiger partial charge in [0.1, 0.15) is 5.82 Å². The summed E-state index contributed by atoms with van der Waals surface area (Å²) in [6.07, 6.45) is -13.7. The topological polar surface area (TPSA) is 98.2 Å². The van der Waals surface area contributed by atoms with Crippen LogP contribution in [0.4, 0.5) is 36.4 Å². The molecule has 1 amide bonds. The Hall–Kier alpha value is -2.91. The van der Waals surface area contributed by atoms with E-state index in [2.05, 4.69) is 0 Å². The fraction of sp³-hybridized carbons (Fsp3) is 0.435. The third-order valence-corrected chi connectivity index (χ3v) is 8.51. The van der Waals surface area contributed by atoms with Gasteiger partial charge in [-0.25, -0.2) is 12.8 Å². The maximum atomic E-state index is 13.6. The number of rotatable bonds is 5. The van der Waals surface area contributed by atoms with Crippen molar-refractivity contribution in [2.75, 3.05) is 17.4 Å². The van der Waals surface area contributed by atoms with Crippen molar-refractivity contribution in [3.8, 4) is 0 Å². The van der Waals surface area contributed by atoms with Gasteiger partial charge in [-0.05, 0) is 48.7 Å². The van der Waals surface area contributed by atoms with E-state index in [9.17, 15) is 54.2 Å². The predicted molar refractivity (Wildman–Crippen MR) is 118 cm³/mol. The first-order chi connectivity index (χ1) is 17.5. The highest BCUT2D eigenvalue weighted by atomic mass is 32.2. The number of aryl methyl sites for hydroxylation is 1.